The van der Waals surface area contributed by atoms with Crippen LogP contribution >= 0.6 is 0 Å². The number of nitrogens with zero attached hydrogens (tertiary/aromatic N) is 1. The number of carbonyl (C=O) groups excluding carboxylic acids is 4. The number of aromatic nitrogens is 1. The lowest BCUT2D eigenvalue weighted by Crippen LogP contribution is -2.41. The highest BCUT2D eigenvalue weighted by Crippen LogP contribution is 2.31. The summed E-state index contributed by atoms with van der Waals surface area (Å²) in [5.41, 5.74) is 8.85. The number of esters is 1. The molecule has 0 aliphatic heterocycles. The van der Waals surface area contributed by atoms with Crippen LogP contribution in [0.3, 0.4) is 0 Å². The number of nitrogens with one attached hydrogen (secondary N) is 4. The Morgan fingerprint density at radius 2 is 1.36 bits per heavy atom. The maximum Gasteiger partial charge on any atom is 0.407 e. The average Bonchev–Trinajstić information content (AvgIpc) is 3.22. The van der Waals surface area contributed by atoms with Crippen LogP contribution in [0.15, 0.2) is 115 Å². The van der Waals surface area contributed by atoms with Crippen molar-refractivity contribution < 1.29 is 33.4 Å². The summed E-state index contributed by atoms with van der Waals surface area (Å²) in [4.78, 5) is 58.1. The topological polar surface area (TPSA) is 195 Å². The fraction of sp³-hybridized carbons (Fsp3) is 0.209. The number of rotatable bonds is 16. The smallest absolute Gasteiger partial charge is 0.407 e. The molecule has 1 unspecified atom stereocenters. The molecule has 5 rings (SSSR count). The molecule has 1 atom stereocenters. The highest BCUT2D eigenvalue weighted by molar-refractivity contribution is 6.10. The third kappa shape index (κ3) is 11.0. The Labute approximate surface area is 325 Å². The summed E-state index contributed by atoms with van der Waals surface area (Å²) in [7, 11) is 1.42. The van der Waals surface area contributed by atoms with Crippen molar-refractivity contribution in [2.24, 2.45) is 11.7 Å². The van der Waals surface area contributed by atoms with E-state index < -0.39 is 23.9 Å². The zero-order valence-corrected chi connectivity index (χ0v) is 31.3. The minimum Gasteiger partial charge on any atom is -0.481 e. The van der Waals surface area contributed by atoms with E-state index in [4.69, 9.17) is 25.4 Å². The summed E-state index contributed by atoms with van der Waals surface area (Å²) < 4.78 is 16.4. The van der Waals surface area contributed by atoms with E-state index in [0.717, 1.165) is 11.1 Å². The van der Waals surface area contributed by atoms with Gasteiger partial charge in [0, 0.05) is 41.0 Å². The average molecular weight is 757 g/mol. The number of hydrogen-bond acceptors (Lipinski definition) is 9. The molecule has 0 spiro atoms. The molecule has 0 aliphatic rings. The van der Waals surface area contributed by atoms with Gasteiger partial charge in [-0.1, -0.05) is 80.6 Å². The molecule has 1 heterocycles. The second kappa shape index (κ2) is 19.3. The summed E-state index contributed by atoms with van der Waals surface area (Å²) in [6.07, 6.45) is -0.148. The number of amides is 3. The van der Waals surface area contributed by atoms with E-state index >= 15 is 0 Å². The SMILES string of the molecule is COc1ccc(-c2ccc(C(=O)NC(CCNC(=O)OCc3ccccc3)C(C)C)cc2C(=O)OCc2ccccc2)c(C(=O)Nc2ccc(C(=N)N)cc2)n1. The molecule has 0 saturated heterocycles. The first kappa shape index (κ1) is 40.2. The van der Waals surface area contributed by atoms with Gasteiger partial charge in [0.1, 0.15) is 24.7 Å². The zero-order valence-electron chi connectivity index (χ0n) is 31.3. The third-order valence-corrected chi connectivity index (χ3v) is 8.81. The van der Waals surface area contributed by atoms with E-state index in [1.807, 2.05) is 74.5 Å². The standard InChI is InChI=1S/C43H44N6O7/c1-27(2)36(22-23-46-43(53)56-26-29-12-8-5-9-13-29)48-40(50)31-16-19-33(35(24-31)42(52)55-25-28-10-6-4-7-11-28)34-20-21-37(54-3)49-38(34)41(51)47-32-17-14-30(15-18-32)39(44)45/h4-21,24,27,36H,22-23,25-26H2,1-3H3,(H3,44,45)(H,46,53)(H,47,51)(H,48,50). The molecule has 0 radical (unpaired) electrons. The van der Waals surface area contributed by atoms with Crippen molar-refractivity contribution in [3.8, 4) is 17.0 Å². The molecular formula is C43H44N6O7. The van der Waals surface area contributed by atoms with Crippen LogP contribution in [-0.2, 0) is 22.7 Å². The second-order valence-corrected chi connectivity index (χ2v) is 13.1. The van der Waals surface area contributed by atoms with E-state index in [1.54, 1.807) is 48.5 Å². The molecule has 0 saturated carbocycles. The molecule has 0 aliphatic carbocycles. The monoisotopic (exact) mass is 756 g/mol. The lowest BCUT2D eigenvalue weighted by atomic mass is 9.95. The van der Waals surface area contributed by atoms with E-state index in [9.17, 15) is 19.2 Å². The number of nitrogen functional groups attached to an aromatic ring is 1. The van der Waals surface area contributed by atoms with Crippen molar-refractivity contribution in [1.29, 1.82) is 5.41 Å². The van der Waals surface area contributed by atoms with Gasteiger partial charge in [0.15, 0.2) is 0 Å². The van der Waals surface area contributed by atoms with Crippen LogP contribution in [0, 0.1) is 11.3 Å². The molecule has 0 fully saturated rings. The van der Waals surface area contributed by atoms with Gasteiger partial charge in [0.05, 0.1) is 12.7 Å². The van der Waals surface area contributed by atoms with Crippen molar-refractivity contribution in [1.82, 2.24) is 15.6 Å². The number of ether oxygens (including phenoxy) is 3. The fourth-order valence-electron chi connectivity index (χ4n) is 5.69. The van der Waals surface area contributed by atoms with Crippen LogP contribution in [0.1, 0.15) is 68.2 Å². The molecule has 13 heteroatoms. The number of carbonyl (C=O) groups is 4. The molecule has 0 bridgehead atoms. The first-order chi connectivity index (χ1) is 27.0. The van der Waals surface area contributed by atoms with Gasteiger partial charge in [-0.3, -0.25) is 15.0 Å². The highest BCUT2D eigenvalue weighted by atomic mass is 16.5. The first-order valence-electron chi connectivity index (χ1n) is 17.9. The third-order valence-electron chi connectivity index (χ3n) is 8.81. The Morgan fingerprint density at radius 3 is 1.96 bits per heavy atom. The van der Waals surface area contributed by atoms with Gasteiger partial charge in [-0.2, -0.15) is 0 Å². The molecule has 1 aromatic heterocycles. The van der Waals surface area contributed by atoms with Crippen molar-refractivity contribution >= 4 is 35.4 Å². The van der Waals surface area contributed by atoms with Gasteiger partial charge < -0.3 is 35.9 Å². The number of alkyl carbamates (subject to hydrolysis) is 1. The lowest BCUT2D eigenvalue weighted by molar-refractivity contribution is 0.0473. The van der Waals surface area contributed by atoms with Crippen LogP contribution in [0.5, 0.6) is 5.88 Å². The van der Waals surface area contributed by atoms with Crippen molar-refractivity contribution in [2.45, 2.75) is 39.5 Å². The number of hydrogen-bond donors (Lipinski definition) is 5. The summed E-state index contributed by atoms with van der Waals surface area (Å²) in [6, 6.07) is 32.3. The van der Waals surface area contributed by atoms with Gasteiger partial charge >= 0.3 is 12.1 Å². The molecule has 13 nitrogen and oxygen atoms in total. The minimum absolute atomic E-state index is 0.000721. The molecular weight excluding hydrogens is 713 g/mol. The number of anilines is 1. The molecule has 6 N–H and O–H groups in total. The van der Waals surface area contributed by atoms with E-state index in [2.05, 4.69) is 20.9 Å². The Kier molecular flexibility index (Phi) is 13.9. The van der Waals surface area contributed by atoms with Crippen LogP contribution in [0.25, 0.3) is 11.1 Å². The molecule has 288 valence electrons. The summed E-state index contributed by atoms with van der Waals surface area (Å²) in [5, 5.41) is 16.2. The van der Waals surface area contributed by atoms with Gasteiger partial charge in [0.2, 0.25) is 5.88 Å². The summed E-state index contributed by atoms with van der Waals surface area (Å²) in [5.74, 6) is -1.72. The maximum atomic E-state index is 13.9. The Morgan fingerprint density at radius 1 is 0.750 bits per heavy atom. The first-order valence-corrected chi connectivity index (χ1v) is 17.9. The number of pyridine rings is 1. The van der Waals surface area contributed by atoms with E-state index in [-0.39, 0.29) is 65.8 Å². The lowest BCUT2D eigenvalue weighted by Gasteiger charge is -2.23. The number of nitrogens with two attached hydrogens (primary N) is 1. The fourth-order valence-corrected chi connectivity index (χ4v) is 5.69. The van der Waals surface area contributed by atoms with Crippen LogP contribution < -0.4 is 26.4 Å². The minimum atomic E-state index is -0.723. The highest BCUT2D eigenvalue weighted by Gasteiger charge is 2.25. The van der Waals surface area contributed by atoms with Gasteiger partial charge in [-0.25, -0.2) is 14.6 Å². The number of methoxy groups -OCH3 is 1. The maximum absolute atomic E-state index is 13.9. The van der Waals surface area contributed by atoms with Crippen molar-refractivity contribution in [3.05, 3.63) is 149 Å². The normalized spacial score (nSPS) is 11.2. The van der Waals surface area contributed by atoms with Crippen LogP contribution in [-0.4, -0.2) is 54.4 Å². The summed E-state index contributed by atoms with van der Waals surface area (Å²) in [6.45, 7) is 4.27. The quantitative estimate of drug-likeness (QED) is 0.0413. The molecule has 56 heavy (non-hydrogen) atoms. The van der Waals surface area contributed by atoms with Gasteiger partial charge in [-0.05, 0) is 71.5 Å². The number of benzene rings is 4. The number of amidine groups is 1. The van der Waals surface area contributed by atoms with Crippen molar-refractivity contribution in [3.63, 3.8) is 0 Å². The Hall–Kier alpha value is -7.02. The molecule has 3 amide bonds. The predicted molar refractivity (Wildman–Crippen MR) is 213 cm³/mol. The second-order valence-electron chi connectivity index (χ2n) is 13.1. The molecule has 5 aromatic rings. The Balaban J connectivity index is 1.39. The predicted octanol–water partition coefficient (Wildman–Crippen LogP) is 6.72. The van der Waals surface area contributed by atoms with Gasteiger partial charge in [0.25, 0.3) is 11.8 Å². The Bertz CT molecular complexity index is 2160. The largest absolute Gasteiger partial charge is 0.481 e. The summed E-state index contributed by atoms with van der Waals surface area (Å²) >= 11 is 0. The van der Waals surface area contributed by atoms with Crippen molar-refractivity contribution in [2.75, 3.05) is 19.0 Å². The van der Waals surface area contributed by atoms with E-state index in [1.165, 1.54) is 13.2 Å². The van der Waals surface area contributed by atoms with Crippen LogP contribution in [0.4, 0.5) is 10.5 Å². The zero-order chi connectivity index (χ0) is 40.0. The van der Waals surface area contributed by atoms with E-state index in [0.29, 0.717) is 23.2 Å². The molecule has 4 aromatic carbocycles. The van der Waals surface area contributed by atoms with Crippen LogP contribution in [0.2, 0.25) is 0 Å². The van der Waals surface area contributed by atoms with Gasteiger partial charge in [-0.15, -0.1) is 0 Å².